The zero-order valence-corrected chi connectivity index (χ0v) is 17.0. The van der Waals surface area contributed by atoms with Crippen LogP contribution in [0.4, 0.5) is 0 Å². The molecule has 2 aromatic rings. The zero-order valence-electron chi connectivity index (χ0n) is 17.0. The van der Waals surface area contributed by atoms with E-state index in [-0.39, 0.29) is 13.2 Å². The Morgan fingerprint density at radius 1 is 1.10 bits per heavy atom. The van der Waals surface area contributed by atoms with Gasteiger partial charge in [0.15, 0.2) is 0 Å². The minimum absolute atomic E-state index is 0.0535. The van der Waals surface area contributed by atoms with Gasteiger partial charge in [0.25, 0.3) is 0 Å². The van der Waals surface area contributed by atoms with Gasteiger partial charge >= 0.3 is 5.97 Å². The van der Waals surface area contributed by atoms with E-state index in [0.717, 1.165) is 25.0 Å². The van der Waals surface area contributed by atoms with E-state index >= 15 is 0 Å². The second kappa shape index (κ2) is 9.72. The van der Waals surface area contributed by atoms with E-state index in [1.54, 1.807) is 6.92 Å². The van der Waals surface area contributed by atoms with Crippen molar-refractivity contribution >= 4 is 17.6 Å². The monoisotopic (exact) mass is 394 g/mol. The normalized spacial score (nSPS) is 15.5. The van der Waals surface area contributed by atoms with Crippen LogP contribution in [-0.2, 0) is 16.0 Å². The quantitative estimate of drug-likeness (QED) is 0.528. The summed E-state index contributed by atoms with van der Waals surface area (Å²) >= 11 is 0. The van der Waals surface area contributed by atoms with Crippen LogP contribution in [0.5, 0.6) is 5.75 Å². The summed E-state index contributed by atoms with van der Waals surface area (Å²) in [6, 6.07) is 16.8. The van der Waals surface area contributed by atoms with Crippen LogP contribution in [0.2, 0.25) is 0 Å². The maximum atomic E-state index is 11.8. The number of carbonyl (C=O) groups is 1. The Labute approximate surface area is 172 Å². The Bertz CT molecular complexity index is 860. The van der Waals surface area contributed by atoms with Crippen molar-refractivity contribution in [2.24, 2.45) is 11.5 Å². The van der Waals surface area contributed by atoms with Crippen molar-refractivity contribution < 1.29 is 14.3 Å². The Kier molecular flexibility index (Phi) is 7.07. The zero-order chi connectivity index (χ0) is 20.7. The summed E-state index contributed by atoms with van der Waals surface area (Å²) in [7, 11) is 0. The minimum Gasteiger partial charge on any atom is -0.493 e. The second-order valence-electron chi connectivity index (χ2n) is 7.71. The molecule has 1 aliphatic carbocycles. The first-order valence-electron chi connectivity index (χ1n) is 10.2. The molecule has 5 heteroatoms. The van der Waals surface area contributed by atoms with Gasteiger partial charge in [0, 0.05) is 13.0 Å². The number of carbonyl (C=O) groups excluding carboxylic acids is 1. The molecule has 0 bridgehead atoms. The lowest BCUT2D eigenvalue weighted by molar-refractivity contribution is -0.149. The van der Waals surface area contributed by atoms with Crippen LogP contribution in [0.25, 0.3) is 11.6 Å². The lowest BCUT2D eigenvalue weighted by Crippen LogP contribution is -2.52. The molecule has 29 heavy (non-hydrogen) atoms. The van der Waals surface area contributed by atoms with Gasteiger partial charge in [0.1, 0.15) is 11.3 Å². The van der Waals surface area contributed by atoms with Gasteiger partial charge in [-0.2, -0.15) is 0 Å². The Morgan fingerprint density at radius 2 is 1.90 bits per heavy atom. The van der Waals surface area contributed by atoms with E-state index in [9.17, 15) is 4.79 Å². The van der Waals surface area contributed by atoms with Crippen molar-refractivity contribution in [1.82, 2.24) is 0 Å². The number of fused-ring (bicyclic) bond motifs is 1. The first-order valence-corrected chi connectivity index (χ1v) is 10.2. The largest absolute Gasteiger partial charge is 0.493 e. The van der Waals surface area contributed by atoms with E-state index in [0.29, 0.717) is 13.0 Å². The minimum atomic E-state index is -1.13. The van der Waals surface area contributed by atoms with E-state index in [4.69, 9.17) is 20.9 Å². The van der Waals surface area contributed by atoms with Gasteiger partial charge < -0.3 is 20.9 Å². The number of benzene rings is 2. The van der Waals surface area contributed by atoms with Crippen LogP contribution < -0.4 is 16.2 Å². The van der Waals surface area contributed by atoms with E-state index in [1.807, 2.05) is 12.1 Å². The second-order valence-corrected chi connectivity index (χ2v) is 7.71. The van der Waals surface area contributed by atoms with E-state index in [1.165, 1.54) is 22.3 Å². The van der Waals surface area contributed by atoms with Crippen molar-refractivity contribution in [3.05, 3.63) is 65.2 Å². The van der Waals surface area contributed by atoms with Crippen molar-refractivity contribution in [3.63, 3.8) is 0 Å². The molecule has 0 amide bonds. The Hall–Kier alpha value is -2.63. The third-order valence-electron chi connectivity index (χ3n) is 5.16. The lowest BCUT2D eigenvalue weighted by Gasteiger charge is -2.20. The highest BCUT2D eigenvalue weighted by Crippen LogP contribution is 2.31. The standard InChI is InChI=1S/C24H30N2O3/c1-24(26,17-25)23(27)29-14-6-13-28-22-12-11-21-15-19(9-5-10-20(21)16-22)18-7-3-2-4-8-18/h2-4,7-8,11-12,15-16H,5-6,9-10,13-14,17,25-26H2,1H3. The number of nitrogens with two attached hydrogens (primary N) is 2. The van der Waals surface area contributed by atoms with Crippen LogP contribution in [-0.4, -0.2) is 31.3 Å². The van der Waals surface area contributed by atoms with Gasteiger partial charge in [0.2, 0.25) is 0 Å². The molecule has 0 saturated carbocycles. The molecule has 0 aromatic heterocycles. The summed E-state index contributed by atoms with van der Waals surface area (Å²) < 4.78 is 11.0. The number of allylic oxidation sites excluding steroid dienone is 1. The fraction of sp³-hybridized carbons (Fsp3) is 0.375. The van der Waals surface area contributed by atoms with Crippen LogP contribution in [0.3, 0.4) is 0 Å². The lowest BCUT2D eigenvalue weighted by atomic mass is 10.0. The molecular weight excluding hydrogens is 364 g/mol. The molecule has 1 atom stereocenters. The SMILES string of the molecule is CC(N)(CN)C(=O)OCCCOc1ccc2c(c1)CCCC(c1ccccc1)=C2. The number of ether oxygens (including phenoxy) is 2. The Morgan fingerprint density at radius 3 is 2.66 bits per heavy atom. The number of hydrogen-bond donors (Lipinski definition) is 2. The van der Waals surface area contributed by atoms with Gasteiger partial charge in [-0.25, -0.2) is 0 Å². The summed E-state index contributed by atoms with van der Waals surface area (Å²) in [5.41, 5.74) is 15.3. The van der Waals surface area contributed by atoms with Crippen LogP contribution in [0.15, 0.2) is 48.5 Å². The first kappa shape index (κ1) is 21.1. The maximum Gasteiger partial charge on any atom is 0.327 e. The van der Waals surface area contributed by atoms with Gasteiger partial charge in [-0.3, -0.25) is 4.79 Å². The fourth-order valence-electron chi connectivity index (χ4n) is 3.30. The molecule has 0 aliphatic heterocycles. The topological polar surface area (TPSA) is 87.6 Å². The van der Waals surface area contributed by atoms with E-state index < -0.39 is 11.5 Å². The summed E-state index contributed by atoms with van der Waals surface area (Å²) in [6.07, 6.45) is 6.12. The Balaban J connectivity index is 1.54. The molecule has 0 heterocycles. The van der Waals surface area contributed by atoms with E-state index in [2.05, 4.69) is 42.5 Å². The molecule has 0 fully saturated rings. The average Bonchev–Trinajstić information content (AvgIpc) is 2.96. The highest BCUT2D eigenvalue weighted by molar-refractivity contribution is 5.83. The predicted molar refractivity (Wildman–Crippen MR) is 116 cm³/mol. The number of aryl methyl sites for hydroxylation is 1. The highest BCUT2D eigenvalue weighted by atomic mass is 16.5. The molecular formula is C24H30N2O3. The third-order valence-corrected chi connectivity index (χ3v) is 5.16. The van der Waals surface area contributed by atoms with Crippen molar-refractivity contribution in [2.45, 2.75) is 38.1 Å². The predicted octanol–water partition coefficient (Wildman–Crippen LogP) is 3.55. The van der Waals surface area contributed by atoms with Crippen LogP contribution in [0, 0.1) is 0 Å². The molecule has 3 rings (SSSR count). The number of rotatable bonds is 8. The van der Waals surface area contributed by atoms with Crippen LogP contribution >= 0.6 is 0 Å². The summed E-state index contributed by atoms with van der Waals surface area (Å²) in [6.45, 7) is 2.36. The first-order chi connectivity index (χ1) is 14.0. The average molecular weight is 395 g/mol. The molecule has 0 spiro atoms. The highest BCUT2D eigenvalue weighted by Gasteiger charge is 2.28. The van der Waals surface area contributed by atoms with Crippen molar-refractivity contribution in [2.75, 3.05) is 19.8 Å². The fourth-order valence-corrected chi connectivity index (χ4v) is 3.30. The van der Waals surface area contributed by atoms with Gasteiger partial charge in [-0.05, 0) is 60.6 Å². The number of hydrogen-bond acceptors (Lipinski definition) is 5. The third kappa shape index (κ3) is 5.68. The maximum absolute atomic E-state index is 11.8. The summed E-state index contributed by atoms with van der Waals surface area (Å²) in [4.78, 5) is 11.8. The molecule has 154 valence electrons. The summed E-state index contributed by atoms with van der Waals surface area (Å²) in [5, 5.41) is 0. The van der Waals surface area contributed by atoms with Crippen molar-refractivity contribution in [1.29, 1.82) is 0 Å². The summed E-state index contributed by atoms with van der Waals surface area (Å²) in [5.74, 6) is 0.364. The number of esters is 1. The molecule has 0 saturated heterocycles. The smallest absolute Gasteiger partial charge is 0.327 e. The molecule has 0 radical (unpaired) electrons. The van der Waals surface area contributed by atoms with Gasteiger partial charge in [0.05, 0.1) is 13.2 Å². The molecule has 1 unspecified atom stereocenters. The molecule has 5 nitrogen and oxygen atoms in total. The molecule has 1 aliphatic rings. The van der Waals surface area contributed by atoms with Gasteiger partial charge in [-0.15, -0.1) is 0 Å². The van der Waals surface area contributed by atoms with Crippen molar-refractivity contribution in [3.8, 4) is 5.75 Å². The van der Waals surface area contributed by atoms with Gasteiger partial charge in [-0.1, -0.05) is 42.5 Å². The van der Waals surface area contributed by atoms with Crippen LogP contribution in [0.1, 0.15) is 42.9 Å². The molecule has 4 N–H and O–H groups in total. The molecule has 2 aromatic carbocycles.